The molecular formula is C11H22BrN. The van der Waals surface area contributed by atoms with Crippen molar-refractivity contribution >= 4 is 0 Å². The third-order valence-electron chi connectivity index (χ3n) is 2.11. The van der Waals surface area contributed by atoms with Crippen LogP contribution in [0.5, 0.6) is 0 Å². The maximum atomic E-state index is 3.77. The molecule has 0 heterocycles. The largest absolute Gasteiger partial charge is 1.00 e. The predicted octanol–water partition coefficient (Wildman–Crippen LogP) is -1.27. The van der Waals surface area contributed by atoms with Crippen molar-refractivity contribution < 1.29 is 22.3 Å². The molecule has 0 amide bonds. The number of rotatable bonds is 8. The van der Waals surface area contributed by atoms with Gasteiger partial charge < -0.3 is 22.3 Å². The van der Waals surface area contributed by atoms with Gasteiger partial charge in [-0.25, -0.2) is 0 Å². The lowest BCUT2D eigenvalue weighted by molar-refractivity contribution is -0.627. The van der Waals surface area contributed by atoms with Crippen LogP contribution in [0.2, 0.25) is 0 Å². The third kappa shape index (κ3) is 9.84. The Morgan fingerprint density at radius 1 is 1.23 bits per heavy atom. The van der Waals surface area contributed by atoms with E-state index in [1.807, 2.05) is 12.2 Å². The van der Waals surface area contributed by atoms with Crippen molar-refractivity contribution in [3.63, 3.8) is 0 Å². The highest BCUT2D eigenvalue weighted by atomic mass is 79.9. The first-order valence-corrected chi connectivity index (χ1v) is 4.84. The van der Waals surface area contributed by atoms with E-state index in [2.05, 4.69) is 25.5 Å². The van der Waals surface area contributed by atoms with Gasteiger partial charge in [0, 0.05) is 0 Å². The van der Waals surface area contributed by atoms with Crippen LogP contribution in [0.4, 0.5) is 0 Å². The van der Waals surface area contributed by atoms with Crippen molar-refractivity contribution in [2.75, 3.05) is 13.6 Å². The van der Waals surface area contributed by atoms with Crippen LogP contribution in [-0.2, 0) is 0 Å². The lowest BCUT2D eigenvalue weighted by atomic mass is 9.96. The molecule has 0 aromatic rings. The Morgan fingerprint density at radius 2 is 1.77 bits per heavy atom. The Hall–Kier alpha value is -0.0800. The molecule has 0 unspecified atom stereocenters. The number of nitrogens with two attached hydrogens (primary N) is 1. The predicted molar refractivity (Wildman–Crippen MR) is 55.1 cm³/mol. The zero-order valence-corrected chi connectivity index (χ0v) is 10.2. The topological polar surface area (TPSA) is 16.6 Å². The fraction of sp³-hybridized carbons (Fsp3) is 0.636. The van der Waals surface area contributed by atoms with Gasteiger partial charge in [-0.05, 0) is 31.6 Å². The second-order valence-corrected chi connectivity index (χ2v) is 3.25. The zero-order valence-electron chi connectivity index (χ0n) is 8.64. The molecule has 2 N–H and O–H groups in total. The van der Waals surface area contributed by atoms with Crippen LogP contribution < -0.4 is 22.3 Å². The molecule has 0 spiro atoms. The number of hydrogen-bond acceptors (Lipinski definition) is 0. The minimum Gasteiger partial charge on any atom is -1.00 e. The van der Waals surface area contributed by atoms with Crippen LogP contribution in [0, 0.1) is 5.92 Å². The maximum absolute atomic E-state index is 3.77. The minimum atomic E-state index is 0. The molecule has 0 fully saturated rings. The molecule has 0 bridgehead atoms. The van der Waals surface area contributed by atoms with E-state index in [0.717, 1.165) is 18.8 Å². The molecule has 0 aliphatic carbocycles. The summed E-state index contributed by atoms with van der Waals surface area (Å²) in [6.07, 6.45) is 8.92. The minimum absolute atomic E-state index is 0. The first-order chi connectivity index (χ1) is 5.85. The second kappa shape index (κ2) is 11.9. The number of allylic oxidation sites excluding steroid dienone is 2. The molecule has 2 heteroatoms. The molecule has 0 aromatic heterocycles. The van der Waals surface area contributed by atoms with E-state index in [1.54, 1.807) is 0 Å². The van der Waals surface area contributed by atoms with Crippen molar-refractivity contribution in [2.24, 2.45) is 5.92 Å². The molecular weight excluding hydrogens is 226 g/mol. The van der Waals surface area contributed by atoms with Crippen molar-refractivity contribution in [3.8, 4) is 0 Å². The summed E-state index contributed by atoms with van der Waals surface area (Å²) < 4.78 is 0. The number of quaternary nitrogens is 1. The van der Waals surface area contributed by atoms with Gasteiger partial charge in [0.15, 0.2) is 0 Å². The summed E-state index contributed by atoms with van der Waals surface area (Å²) in [4.78, 5) is 0. The molecule has 0 radical (unpaired) electrons. The highest BCUT2D eigenvalue weighted by Gasteiger charge is 2.03. The van der Waals surface area contributed by atoms with Crippen molar-refractivity contribution in [1.29, 1.82) is 0 Å². The Labute approximate surface area is 93.1 Å². The lowest BCUT2D eigenvalue weighted by Gasteiger charge is -2.10. The summed E-state index contributed by atoms with van der Waals surface area (Å²) in [5, 5.41) is 2.24. The summed E-state index contributed by atoms with van der Waals surface area (Å²) in [6.45, 7) is 8.78. The normalized spacial score (nSPS) is 9.38. The van der Waals surface area contributed by atoms with E-state index in [0.29, 0.717) is 0 Å². The van der Waals surface area contributed by atoms with Gasteiger partial charge in [0.2, 0.25) is 0 Å². The van der Waals surface area contributed by atoms with Gasteiger partial charge in [-0.15, -0.1) is 13.2 Å². The molecule has 0 atom stereocenters. The molecule has 78 valence electrons. The third-order valence-corrected chi connectivity index (χ3v) is 2.11. The van der Waals surface area contributed by atoms with Crippen LogP contribution in [0.1, 0.15) is 25.7 Å². The van der Waals surface area contributed by atoms with Crippen LogP contribution in [0.3, 0.4) is 0 Å². The SMILES string of the molecule is C=CCC(CC=C)CCC[NH2+]C.[Br-]. The standard InChI is InChI=1S/C11H21N.BrH/c1-4-7-11(8-5-2)9-6-10-12-3;/h4-5,11-12H,1-2,6-10H2,3H3;1H. The van der Waals surface area contributed by atoms with Gasteiger partial charge in [-0.2, -0.15) is 0 Å². The summed E-state index contributed by atoms with van der Waals surface area (Å²) in [5.74, 6) is 0.778. The smallest absolute Gasteiger partial charge is 0.0753 e. The average molecular weight is 248 g/mol. The molecule has 0 rings (SSSR count). The van der Waals surface area contributed by atoms with Crippen LogP contribution >= 0.6 is 0 Å². The number of hydrogen-bond donors (Lipinski definition) is 1. The molecule has 13 heavy (non-hydrogen) atoms. The van der Waals surface area contributed by atoms with Crippen molar-refractivity contribution in [2.45, 2.75) is 25.7 Å². The van der Waals surface area contributed by atoms with Crippen LogP contribution in [0.25, 0.3) is 0 Å². The summed E-state index contributed by atoms with van der Waals surface area (Å²) in [5.41, 5.74) is 0. The fourth-order valence-electron chi connectivity index (χ4n) is 1.41. The zero-order chi connectivity index (χ0) is 9.23. The Balaban J connectivity index is 0. The highest BCUT2D eigenvalue weighted by Crippen LogP contribution is 2.15. The Bertz CT molecular complexity index is 113. The van der Waals surface area contributed by atoms with Gasteiger partial charge in [-0.3, -0.25) is 0 Å². The van der Waals surface area contributed by atoms with Gasteiger partial charge in [0.25, 0.3) is 0 Å². The molecule has 0 saturated heterocycles. The van der Waals surface area contributed by atoms with Gasteiger partial charge in [0.05, 0.1) is 13.6 Å². The monoisotopic (exact) mass is 247 g/mol. The summed E-state index contributed by atoms with van der Waals surface area (Å²) in [7, 11) is 2.12. The second-order valence-electron chi connectivity index (χ2n) is 3.25. The van der Waals surface area contributed by atoms with Gasteiger partial charge >= 0.3 is 0 Å². The van der Waals surface area contributed by atoms with Gasteiger partial charge in [-0.1, -0.05) is 12.2 Å². The first kappa shape index (κ1) is 15.4. The van der Waals surface area contributed by atoms with E-state index in [9.17, 15) is 0 Å². The van der Waals surface area contributed by atoms with Crippen molar-refractivity contribution in [1.82, 2.24) is 0 Å². The summed E-state index contributed by atoms with van der Waals surface area (Å²) >= 11 is 0. The molecule has 0 saturated carbocycles. The lowest BCUT2D eigenvalue weighted by Crippen LogP contribution is -3.00. The summed E-state index contributed by atoms with van der Waals surface area (Å²) in [6, 6.07) is 0. The quantitative estimate of drug-likeness (QED) is 0.407. The maximum Gasteiger partial charge on any atom is 0.0753 e. The first-order valence-electron chi connectivity index (χ1n) is 4.84. The van der Waals surface area contributed by atoms with E-state index in [1.165, 1.54) is 19.4 Å². The van der Waals surface area contributed by atoms with E-state index in [4.69, 9.17) is 0 Å². The molecule has 0 aliphatic heterocycles. The number of halogens is 1. The molecule has 0 aromatic carbocycles. The van der Waals surface area contributed by atoms with Crippen molar-refractivity contribution in [3.05, 3.63) is 25.3 Å². The van der Waals surface area contributed by atoms with E-state index in [-0.39, 0.29) is 17.0 Å². The van der Waals surface area contributed by atoms with E-state index < -0.39 is 0 Å². The Kier molecular flexibility index (Phi) is 14.1. The molecule has 0 aliphatic rings. The van der Waals surface area contributed by atoms with Gasteiger partial charge in [0.1, 0.15) is 0 Å². The highest BCUT2D eigenvalue weighted by molar-refractivity contribution is 4.79. The van der Waals surface area contributed by atoms with E-state index >= 15 is 0 Å². The fourth-order valence-corrected chi connectivity index (χ4v) is 1.41. The van der Waals surface area contributed by atoms with Crippen LogP contribution in [0.15, 0.2) is 25.3 Å². The molecule has 1 nitrogen and oxygen atoms in total. The van der Waals surface area contributed by atoms with Crippen LogP contribution in [-0.4, -0.2) is 13.6 Å². The Morgan fingerprint density at radius 3 is 2.15 bits per heavy atom. The average Bonchev–Trinajstić information content (AvgIpc) is 2.06.